The number of alkyl carbamates (subject to hydrolysis) is 1. The molecule has 3 nitrogen and oxygen atoms in total. The molecule has 0 aromatic carbocycles. The van der Waals surface area contributed by atoms with Crippen molar-refractivity contribution in [1.29, 1.82) is 0 Å². The van der Waals surface area contributed by atoms with Crippen LogP contribution in [0.5, 0.6) is 0 Å². The van der Waals surface area contributed by atoms with E-state index in [0.717, 1.165) is 25.7 Å². The first-order valence-electron chi connectivity index (χ1n) is 9.29. The molecule has 1 rings (SSSR count). The van der Waals surface area contributed by atoms with Crippen molar-refractivity contribution >= 4 is 6.09 Å². The predicted octanol–water partition coefficient (Wildman–Crippen LogP) is 5.48. The lowest BCUT2D eigenvalue weighted by Gasteiger charge is -2.36. The zero-order chi connectivity index (χ0) is 17.1. The summed E-state index contributed by atoms with van der Waals surface area (Å²) in [5.74, 6) is 1.72. The van der Waals surface area contributed by atoms with Crippen molar-refractivity contribution < 1.29 is 9.53 Å². The minimum absolute atomic E-state index is 0.0712. The Hall–Kier alpha value is -1.25. The van der Waals surface area contributed by atoms with E-state index in [9.17, 15) is 4.79 Å². The summed E-state index contributed by atoms with van der Waals surface area (Å²) >= 11 is 0. The number of unbranched alkanes of at least 4 members (excludes halogenated alkanes) is 1. The van der Waals surface area contributed by atoms with E-state index >= 15 is 0 Å². The third-order valence-electron chi connectivity index (χ3n) is 4.65. The Morgan fingerprint density at radius 3 is 2.52 bits per heavy atom. The molecule has 3 unspecified atom stereocenters. The quantitative estimate of drug-likeness (QED) is 0.475. The average molecular weight is 322 g/mol. The van der Waals surface area contributed by atoms with Gasteiger partial charge in [-0.3, -0.25) is 0 Å². The van der Waals surface area contributed by atoms with Crippen LogP contribution in [-0.4, -0.2) is 18.7 Å². The van der Waals surface area contributed by atoms with Crippen molar-refractivity contribution in [2.24, 2.45) is 17.8 Å². The topological polar surface area (TPSA) is 38.3 Å². The number of ether oxygens (including phenoxy) is 1. The van der Waals surface area contributed by atoms with Gasteiger partial charge in [0.1, 0.15) is 6.10 Å². The fourth-order valence-electron chi connectivity index (χ4n) is 3.25. The van der Waals surface area contributed by atoms with E-state index in [-0.39, 0.29) is 12.2 Å². The molecule has 1 N–H and O–H groups in total. The van der Waals surface area contributed by atoms with Crippen LogP contribution in [0.2, 0.25) is 0 Å². The highest BCUT2D eigenvalue weighted by Gasteiger charge is 2.33. The van der Waals surface area contributed by atoms with Crippen LogP contribution in [0.3, 0.4) is 0 Å². The number of rotatable bonds is 8. The first-order valence-corrected chi connectivity index (χ1v) is 9.29. The molecule has 1 saturated carbocycles. The second-order valence-electron chi connectivity index (χ2n) is 7.08. The molecule has 0 radical (unpaired) electrons. The summed E-state index contributed by atoms with van der Waals surface area (Å²) in [4.78, 5) is 12.0. The van der Waals surface area contributed by atoms with Crippen LogP contribution >= 0.6 is 0 Å². The second kappa shape index (κ2) is 11.3. The summed E-state index contributed by atoms with van der Waals surface area (Å²) in [6.07, 6.45) is 14.9. The van der Waals surface area contributed by atoms with Gasteiger partial charge in [-0.05, 0) is 49.9 Å². The maximum Gasteiger partial charge on any atom is 0.407 e. The van der Waals surface area contributed by atoms with E-state index in [1.165, 1.54) is 12.8 Å². The SMILES string of the molecule is CCC=CCCC=CCNC(=O)OC1CC(C)CCC1C(C)C. The van der Waals surface area contributed by atoms with Gasteiger partial charge in [-0.2, -0.15) is 0 Å². The average Bonchev–Trinajstić information content (AvgIpc) is 2.49. The summed E-state index contributed by atoms with van der Waals surface area (Å²) in [7, 11) is 0. The van der Waals surface area contributed by atoms with Crippen LogP contribution in [-0.2, 0) is 4.74 Å². The van der Waals surface area contributed by atoms with E-state index in [1.54, 1.807) is 0 Å². The smallest absolute Gasteiger partial charge is 0.407 e. The van der Waals surface area contributed by atoms with Crippen molar-refractivity contribution in [3.05, 3.63) is 24.3 Å². The van der Waals surface area contributed by atoms with Crippen LogP contribution < -0.4 is 5.32 Å². The van der Waals surface area contributed by atoms with Gasteiger partial charge in [0.05, 0.1) is 0 Å². The van der Waals surface area contributed by atoms with E-state index in [0.29, 0.717) is 24.3 Å². The van der Waals surface area contributed by atoms with Gasteiger partial charge in [-0.25, -0.2) is 4.79 Å². The highest BCUT2D eigenvalue weighted by molar-refractivity contribution is 5.67. The largest absolute Gasteiger partial charge is 0.446 e. The minimum atomic E-state index is -0.273. The monoisotopic (exact) mass is 321 g/mol. The van der Waals surface area contributed by atoms with Gasteiger partial charge in [-0.15, -0.1) is 0 Å². The Bertz CT molecular complexity index is 387. The minimum Gasteiger partial charge on any atom is -0.446 e. The van der Waals surface area contributed by atoms with Crippen molar-refractivity contribution in [1.82, 2.24) is 5.32 Å². The van der Waals surface area contributed by atoms with E-state index in [1.807, 2.05) is 6.08 Å². The fourth-order valence-corrected chi connectivity index (χ4v) is 3.25. The van der Waals surface area contributed by atoms with E-state index in [2.05, 4.69) is 51.2 Å². The van der Waals surface area contributed by atoms with Gasteiger partial charge < -0.3 is 10.1 Å². The van der Waals surface area contributed by atoms with Crippen molar-refractivity contribution in [3.63, 3.8) is 0 Å². The molecule has 1 aliphatic rings. The third-order valence-corrected chi connectivity index (χ3v) is 4.65. The molecule has 0 aliphatic heterocycles. The number of allylic oxidation sites excluding steroid dienone is 3. The van der Waals surface area contributed by atoms with Gasteiger partial charge in [0.2, 0.25) is 0 Å². The molecular formula is C20H35NO2. The molecule has 0 heterocycles. The van der Waals surface area contributed by atoms with Gasteiger partial charge >= 0.3 is 6.09 Å². The van der Waals surface area contributed by atoms with Crippen LogP contribution in [0, 0.1) is 17.8 Å². The highest BCUT2D eigenvalue weighted by Crippen LogP contribution is 2.35. The molecule has 3 heteroatoms. The number of amides is 1. The Labute approximate surface area is 142 Å². The lowest BCUT2D eigenvalue weighted by molar-refractivity contribution is 0.00660. The fraction of sp³-hybridized carbons (Fsp3) is 0.750. The molecule has 0 bridgehead atoms. The van der Waals surface area contributed by atoms with Gasteiger partial charge in [0.25, 0.3) is 0 Å². The van der Waals surface area contributed by atoms with Gasteiger partial charge in [0.15, 0.2) is 0 Å². The molecule has 23 heavy (non-hydrogen) atoms. The number of carbonyl (C=O) groups excluding carboxylic acids is 1. The Morgan fingerprint density at radius 2 is 1.87 bits per heavy atom. The van der Waals surface area contributed by atoms with Crippen molar-refractivity contribution in [3.8, 4) is 0 Å². The molecule has 0 saturated heterocycles. The predicted molar refractivity (Wildman–Crippen MR) is 97.4 cm³/mol. The lowest BCUT2D eigenvalue weighted by Crippen LogP contribution is -2.38. The van der Waals surface area contributed by atoms with Crippen LogP contribution in [0.4, 0.5) is 4.79 Å². The summed E-state index contributed by atoms with van der Waals surface area (Å²) in [6, 6.07) is 0. The highest BCUT2D eigenvalue weighted by atomic mass is 16.6. The molecular weight excluding hydrogens is 286 g/mol. The lowest BCUT2D eigenvalue weighted by atomic mass is 9.75. The standard InChI is InChI=1S/C20H35NO2/c1-5-6-7-8-9-10-11-14-21-20(22)23-19-15-17(4)12-13-18(19)16(2)3/h6-7,10-11,16-19H,5,8-9,12-15H2,1-4H3,(H,21,22). The Morgan fingerprint density at radius 1 is 1.17 bits per heavy atom. The first-order chi connectivity index (χ1) is 11.0. The van der Waals surface area contributed by atoms with Crippen molar-refractivity contribution in [2.45, 2.75) is 72.3 Å². The molecule has 1 amide bonds. The normalized spacial score (nSPS) is 25.3. The number of hydrogen-bond donors (Lipinski definition) is 1. The molecule has 3 atom stereocenters. The van der Waals surface area contributed by atoms with E-state index < -0.39 is 0 Å². The van der Waals surface area contributed by atoms with Gasteiger partial charge in [-0.1, -0.05) is 58.4 Å². The van der Waals surface area contributed by atoms with Crippen LogP contribution in [0.1, 0.15) is 66.2 Å². The molecule has 0 aromatic heterocycles. The summed E-state index contributed by atoms with van der Waals surface area (Å²) in [5.41, 5.74) is 0. The van der Waals surface area contributed by atoms with Gasteiger partial charge in [0, 0.05) is 6.54 Å². The number of carbonyl (C=O) groups is 1. The third kappa shape index (κ3) is 8.24. The molecule has 0 spiro atoms. The molecule has 0 aromatic rings. The maximum atomic E-state index is 12.0. The Kier molecular flexibility index (Phi) is 9.74. The second-order valence-corrected chi connectivity index (χ2v) is 7.08. The Balaban J connectivity index is 2.26. The number of nitrogens with one attached hydrogen (secondary N) is 1. The number of hydrogen-bond acceptors (Lipinski definition) is 2. The zero-order valence-electron chi connectivity index (χ0n) is 15.4. The van der Waals surface area contributed by atoms with E-state index in [4.69, 9.17) is 4.74 Å². The zero-order valence-corrected chi connectivity index (χ0v) is 15.4. The van der Waals surface area contributed by atoms with Crippen LogP contribution in [0.15, 0.2) is 24.3 Å². The summed E-state index contributed by atoms with van der Waals surface area (Å²) in [6.45, 7) is 9.39. The molecule has 132 valence electrons. The molecule has 1 aliphatic carbocycles. The van der Waals surface area contributed by atoms with Crippen LogP contribution in [0.25, 0.3) is 0 Å². The maximum absolute atomic E-state index is 12.0. The molecule has 1 fully saturated rings. The first kappa shape index (κ1) is 19.8. The summed E-state index contributed by atoms with van der Waals surface area (Å²) < 4.78 is 5.70. The summed E-state index contributed by atoms with van der Waals surface area (Å²) in [5, 5.41) is 2.84. The van der Waals surface area contributed by atoms with Crippen molar-refractivity contribution in [2.75, 3.05) is 6.54 Å².